The number of carbonyl (C=O) groups excluding carboxylic acids is 1. The first-order valence-corrected chi connectivity index (χ1v) is 4.39. The largest absolute Gasteiger partial charge is 0.476 e. The van der Waals surface area contributed by atoms with Gasteiger partial charge in [-0.15, -0.1) is 0 Å². The number of nitrogens with one attached hydrogen (secondary N) is 1. The fourth-order valence-electron chi connectivity index (χ4n) is 0.825. The van der Waals surface area contributed by atoms with Crippen molar-refractivity contribution in [2.24, 2.45) is 5.10 Å². The van der Waals surface area contributed by atoms with E-state index in [-0.39, 0.29) is 17.0 Å². The molecular formula is C9H6ClFN2O3. The van der Waals surface area contributed by atoms with Gasteiger partial charge in [0.25, 0.3) is 0 Å². The standard InChI is InChI=1S/C9H6ClFN2O3/c10-6-3-5(11)1-2-7(6)12-13-8(4-14)9(15)16/h1-4,12H,(H,15,16)/b13-8+. The van der Waals surface area contributed by atoms with E-state index in [2.05, 4.69) is 10.5 Å². The number of carboxylic acid groups (broad SMARTS) is 1. The van der Waals surface area contributed by atoms with Gasteiger partial charge in [0, 0.05) is 0 Å². The molecule has 0 saturated carbocycles. The van der Waals surface area contributed by atoms with Crippen LogP contribution in [-0.4, -0.2) is 23.1 Å². The van der Waals surface area contributed by atoms with Crippen LogP contribution < -0.4 is 5.43 Å². The highest BCUT2D eigenvalue weighted by atomic mass is 35.5. The molecule has 0 aromatic heterocycles. The van der Waals surface area contributed by atoms with Crippen LogP contribution in [0.4, 0.5) is 10.1 Å². The molecule has 84 valence electrons. The Hall–Kier alpha value is -1.95. The summed E-state index contributed by atoms with van der Waals surface area (Å²) in [5.41, 5.74) is 1.74. The number of carboxylic acids is 1. The molecule has 0 bridgehead atoms. The van der Waals surface area contributed by atoms with Gasteiger partial charge >= 0.3 is 5.97 Å². The van der Waals surface area contributed by atoms with E-state index in [1.165, 1.54) is 6.07 Å². The molecule has 0 radical (unpaired) electrons. The molecule has 5 nitrogen and oxygen atoms in total. The Labute approximate surface area is 94.5 Å². The number of benzene rings is 1. The third-order valence-electron chi connectivity index (χ3n) is 1.56. The average molecular weight is 245 g/mol. The van der Waals surface area contributed by atoms with Crippen molar-refractivity contribution in [3.63, 3.8) is 0 Å². The van der Waals surface area contributed by atoms with E-state index < -0.39 is 17.5 Å². The molecule has 0 aliphatic rings. The van der Waals surface area contributed by atoms with Crippen molar-refractivity contribution in [1.29, 1.82) is 0 Å². The number of hydrogen-bond acceptors (Lipinski definition) is 4. The number of aliphatic carboxylic acids is 1. The lowest BCUT2D eigenvalue weighted by Gasteiger charge is -2.02. The molecule has 0 aliphatic carbocycles. The van der Waals surface area contributed by atoms with Crippen LogP contribution in [0.25, 0.3) is 0 Å². The summed E-state index contributed by atoms with van der Waals surface area (Å²) in [5, 5.41) is 11.8. The van der Waals surface area contributed by atoms with Crippen molar-refractivity contribution in [2.45, 2.75) is 0 Å². The topological polar surface area (TPSA) is 78.8 Å². The smallest absolute Gasteiger partial charge is 0.359 e. The quantitative estimate of drug-likeness (QED) is 0.364. The summed E-state index contributed by atoms with van der Waals surface area (Å²) in [6.07, 6.45) is 0.0762. The summed E-state index contributed by atoms with van der Waals surface area (Å²) in [4.78, 5) is 20.7. The predicted octanol–water partition coefficient (Wildman–Crippen LogP) is 1.53. The van der Waals surface area contributed by atoms with Gasteiger partial charge in [0.05, 0.1) is 10.7 Å². The minimum Gasteiger partial charge on any atom is -0.476 e. The van der Waals surface area contributed by atoms with Gasteiger partial charge < -0.3 is 5.11 Å². The SMILES string of the molecule is O=C/C(=N\Nc1ccc(F)cc1Cl)C(=O)O. The average Bonchev–Trinajstić information content (AvgIpc) is 2.21. The van der Waals surface area contributed by atoms with Crippen molar-refractivity contribution in [3.8, 4) is 0 Å². The Balaban J connectivity index is 2.89. The number of halogens is 2. The van der Waals surface area contributed by atoms with Crippen LogP contribution in [0.5, 0.6) is 0 Å². The van der Waals surface area contributed by atoms with Gasteiger partial charge in [-0.1, -0.05) is 11.6 Å². The van der Waals surface area contributed by atoms with Crippen LogP contribution in [-0.2, 0) is 9.59 Å². The van der Waals surface area contributed by atoms with E-state index in [0.717, 1.165) is 12.1 Å². The van der Waals surface area contributed by atoms with E-state index in [1.54, 1.807) is 0 Å². The molecule has 0 spiro atoms. The summed E-state index contributed by atoms with van der Waals surface area (Å²) in [6.45, 7) is 0. The second kappa shape index (κ2) is 5.22. The minimum atomic E-state index is -1.47. The molecule has 0 unspecified atom stereocenters. The summed E-state index contributed by atoms with van der Waals surface area (Å²) in [5.74, 6) is -2.01. The van der Waals surface area contributed by atoms with Crippen molar-refractivity contribution < 1.29 is 19.1 Å². The van der Waals surface area contributed by atoms with Crippen molar-refractivity contribution in [1.82, 2.24) is 0 Å². The third-order valence-corrected chi connectivity index (χ3v) is 1.87. The molecule has 0 amide bonds. The molecule has 1 rings (SSSR count). The molecule has 0 fully saturated rings. The zero-order valence-corrected chi connectivity index (χ0v) is 8.53. The van der Waals surface area contributed by atoms with Crippen molar-refractivity contribution in [2.75, 3.05) is 5.43 Å². The van der Waals surface area contributed by atoms with Crippen LogP contribution in [0.2, 0.25) is 5.02 Å². The van der Waals surface area contributed by atoms with Gasteiger partial charge in [-0.3, -0.25) is 10.2 Å². The summed E-state index contributed by atoms with van der Waals surface area (Å²) in [6, 6.07) is 3.41. The van der Waals surface area contributed by atoms with E-state index in [4.69, 9.17) is 16.7 Å². The second-order valence-corrected chi connectivity index (χ2v) is 3.06. The van der Waals surface area contributed by atoms with E-state index in [0.29, 0.717) is 0 Å². The lowest BCUT2D eigenvalue weighted by molar-refractivity contribution is -0.129. The number of aldehydes is 1. The van der Waals surface area contributed by atoms with Crippen LogP contribution in [0.1, 0.15) is 0 Å². The van der Waals surface area contributed by atoms with E-state index in [1.807, 2.05) is 0 Å². The monoisotopic (exact) mass is 244 g/mol. The molecule has 16 heavy (non-hydrogen) atoms. The fraction of sp³-hybridized carbons (Fsp3) is 0. The number of carbonyl (C=O) groups is 2. The van der Waals surface area contributed by atoms with Gasteiger partial charge in [-0.2, -0.15) is 5.10 Å². The van der Waals surface area contributed by atoms with Crippen molar-refractivity contribution in [3.05, 3.63) is 29.0 Å². The molecule has 2 N–H and O–H groups in total. The first kappa shape index (κ1) is 12.1. The number of rotatable bonds is 4. The minimum absolute atomic E-state index is 0.0272. The maximum Gasteiger partial charge on any atom is 0.359 e. The Kier molecular flexibility index (Phi) is 3.96. The molecular weight excluding hydrogens is 239 g/mol. The van der Waals surface area contributed by atoms with Crippen LogP contribution in [0.3, 0.4) is 0 Å². The number of nitrogens with zero attached hydrogens (tertiary/aromatic N) is 1. The molecule has 0 aliphatic heterocycles. The van der Waals surface area contributed by atoms with E-state index >= 15 is 0 Å². The van der Waals surface area contributed by atoms with Gasteiger partial charge in [-0.05, 0) is 18.2 Å². The van der Waals surface area contributed by atoms with Crippen LogP contribution in [0.15, 0.2) is 23.3 Å². The van der Waals surface area contributed by atoms with Gasteiger partial charge in [0.1, 0.15) is 5.82 Å². The summed E-state index contributed by atoms with van der Waals surface area (Å²) < 4.78 is 12.6. The molecule has 0 saturated heterocycles. The highest BCUT2D eigenvalue weighted by molar-refractivity contribution is 6.57. The predicted molar refractivity (Wildman–Crippen MR) is 56.2 cm³/mol. The van der Waals surface area contributed by atoms with Gasteiger partial charge in [-0.25, -0.2) is 9.18 Å². The van der Waals surface area contributed by atoms with Gasteiger partial charge in [0.2, 0.25) is 5.71 Å². The summed E-state index contributed by atoms with van der Waals surface area (Å²) >= 11 is 5.63. The fourth-order valence-corrected chi connectivity index (χ4v) is 1.03. The maximum atomic E-state index is 12.6. The zero-order chi connectivity index (χ0) is 12.1. The molecule has 0 atom stereocenters. The Bertz CT molecular complexity index is 462. The molecule has 1 aromatic carbocycles. The molecule has 0 heterocycles. The van der Waals surface area contributed by atoms with E-state index in [9.17, 15) is 14.0 Å². The third kappa shape index (κ3) is 3.03. The lowest BCUT2D eigenvalue weighted by Crippen LogP contribution is -2.16. The zero-order valence-electron chi connectivity index (χ0n) is 7.78. The Morgan fingerprint density at radius 3 is 2.75 bits per heavy atom. The summed E-state index contributed by atoms with van der Waals surface area (Å²) in [7, 11) is 0. The number of anilines is 1. The normalized spacial score (nSPS) is 11.0. The first-order valence-electron chi connectivity index (χ1n) is 4.02. The van der Waals surface area contributed by atoms with Gasteiger partial charge in [0.15, 0.2) is 6.29 Å². The maximum absolute atomic E-state index is 12.6. The molecule has 7 heteroatoms. The van der Waals surface area contributed by atoms with Crippen LogP contribution >= 0.6 is 11.6 Å². The lowest BCUT2D eigenvalue weighted by atomic mass is 10.3. The molecule has 1 aromatic rings. The second-order valence-electron chi connectivity index (χ2n) is 2.66. The van der Waals surface area contributed by atoms with Crippen LogP contribution in [0, 0.1) is 5.82 Å². The number of hydrogen-bond donors (Lipinski definition) is 2. The highest BCUT2D eigenvalue weighted by Crippen LogP contribution is 2.22. The number of hydrazone groups is 1. The highest BCUT2D eigenvalue weighted by Gasteiger charge is 2.08. The first-order chi connectivity index (χ1) is 7.54. The Morgan fingerprint density at radius 1 is 1.56 bits per heavy atom. The Morgan fingerprint density at radius 2 is 2.25 bits per heavy atom. The van der Waals surface area contributed by atoms with Crippen molar-refractivity contribution >= 4 is 35.3 Å².